The molecule has 0 fully saturated rings. The maximum atomic E-state index is 4.11. The smallest absolute Gasteiger partial charge is 0.0228 e. The normalized spacial score (nSPS) is 10.9. The Morgan fingerprint density at radius 3 is 2.18 bits per heavy atom. The molecule has 0 heteroatoms. The van der Waals surface area contributed by atoms with Gasteiger partial charge in [0, 0.05) is 0 Å². The SMILES string of the molecule is C=C(C)c1cc(CCCc2ccccc2)cc(CC(C)C)c1. The predicted molar refractivity (Wildman–Crippen MR) is 98.2 cm³/mol. The highest BCUT2D eigenvalue weighted by Gasteiger charge is 2.05. The second kappa shape index (κ2) is 7.98. The van der Waals surface area contributed by atoms with Gasteiger partial charge in [-0.1, -0.05) is 74.5 Å². The van der Waals surface area contributed by atoms with Crippen LogP contribution in [0, 0.1) is 5.92 Å². The van der Waals surface area contributed by atoms with E-state index in [1.54, 1.807) is 0 Å². The summed E-state index contributed by atoms with van der Waals surface area (Å²) in [4.78, 5) is 0. The Kier molecular flexibility index (Phi) is 6.00. The summed E-state index contributed by atoms with van der Waals surface area (Å²) >= 11 is 0. The van der Waals surface area contributed by atoms with Gasteiger partial charge in [0.15, 0.2) is 0 Å². The first-order chi connectivity index (χ1) is 10.5. The minimum Gasteiger partial charge on any atom is -0.0955 e. The molecule has 0 unspecified atom stereocenters. The Balaban J connectivity index is 2.05. The molecule has 2 aromatic carbocycles. The highest BCUT2D eigenvalue weighted by molar-refractivity contribution is 5.62. The van der Waals surface area contributed by atoms with Gasteiger partial charge in [0.25, 0.3) is 0 Å². The van der Waals surface area contributed by atoms with Gasteiger partial charge in [-0.2, -0.15) is 0 Å². The van der Waals surface area contributed by atoms with Crippen LogP contribution >= 0.6 is 0 Å². The van der Waals surface area contributed by atoms with Gasteiger partial charge < -0.3 is 0 Å². The van der Waals surface area contributed by atoms with Gasteiger partial charge in [0.1, 0.15) is 0 Å². The van der Waals surface area contributed by atoms with Crippen molar-refractivity contribution in [1.82, 2.24) is 0 Å². The van der Waals surface area contributed by atoms with Crippen molar-refractivity contribution in [1.29, 1.82) is 0 Å². The van der Waals surface area contributed by atoms with Crippen LogP contribution < -0.4 is 0 Å². The summed E-state index contributed by atoms with van der Waals surface area (Å²) in [5.41, 5.74) is 6.79. The van der Waals surface area contributed by atoms with E-state index in [0.29, 0.717) is 5.92 Å². The minimum absolute atomic E-state index is 0.692. The van der Waals surface area contributed by atoms with E-state index in [4.69, 9.17) is 0 Å². The third kappa shape index (κ3) is 5.18. The van der Waals surface area contributed by atoms with Crippen molar-refractivity contribution in [2.24, 2.45) is 5.92 Å². The Labute approximate surface area is 135 Å². The lowest BCUT2D eigenvalue weighted by atomic mass is 9.94. The number of aryl methyl sites for hydroxylation is 2. The van der Waals surface area contributed by atoms with Crippen molar-refractivity contribution < 1.29 is 0 Å². The Hall–Kier alpha value is -1.82. The molecule has 22 heavy (non-hydrogen) atoms. The first kappa shape index (κ1) is 16.5. The van der Waals surface area contributed by atoms with Gasteiger partial charge in [-0.3, -0.25) is 0 Å². The van der Waals surface area contributed by atoms with Gasteiger partial charge in [-0.05, 0) is 60.8 Å². The van der Waals surface area contributed by atoms with Crippen LogP contribution in [0.4, 0.5) is 0 Å². The van der Waals surface area contributed by atoms with Crippen LogP contribution in [0.15, 0.2) is 55.1 Å². The van der Waals surface area contributed by atoms with Crippen LogP contribution in [-0.2, 0) is 19.3 Å². The fourth-order valence-corrected chi connectivity index (χ4v) is 2.88. The first-order valence-electron chi connectivity index (χ1n) is 8.37. The van der Waals surface area contributed by atoms with Crippen molar-refractivity contribution in [3.63, 3.8) is 0 Å². The van der Waals surface area contributed by atoms with E-state index in [-0.39, 0.29) is 0 Å². The molecule has 0 bridgehead atoms. The Morgan fingerprint density at radius 2 is 1.55 bits per heavy atom. The summed E-state index contributed by atoms with van der Waals surface area (Å²) in [6.07, 6.45) is 4.64. The fourth-order valence-electron chi connectivity index (χ4n) is 2.88. The van der Waals surface area contributed by atoms with Crippen LogP contribution in [0.1, 0.15) is 49.4 Å². The largest absolute Gasteiger partial charge is 0.0955 e. The maximum Gasteiger partial charge on any atom is -0.0228 e. The zero-order chi connectivity index (χ0) is 15.9. The lowest BCUT2D eigenvalue weighted by Gasteiger charge is -2.12. The molecule has 0 heterocycles. The summed E-state index contributed by atoms with van der Waals surface area (Å²) in [6.45, 7) is 10.8. The zero-order valence-electron chi connectivity index (χ0n) is 14.2. The van der Waals surface area contributed by atoms with Crippen LogP contribution in [0.25, 0.3) is 5.57 Å². The molecule has 0 saturated heterocycles. The standard InChI is InChI=1S/C22H28/c1-17(2)13-21-14-20(15-22(16-21)18(3)4)12-8-11-19-9-6-5-7-10-19/h5-7,9-10,14-17H,3,8,11-13H2,1-2,4H3. The molecule has 0 saturated carbocycles. The molecule has 2 rings (SSSR count). The van der Waals surface area contributed by atoms with Crippen LogP contribution in [0.3, 0.4) is 0 Å². The molecule has 0 aliphatic rings. The highest BCUT2D eigenvalue weighted by atomic mass is 14.1. The van der Waals surface area contributed by atoms with Crippen molar-refractivity contribution in [2.75, 3.05) is 0 Å². The lowest BCUT2D eigenvalue weighted by molar-refractivity contribution is 0.646. The van der Waals surface area contributed by atoms with E-state index in [1.807, 2.05) is 0 Å². The van der Waals surface area contributed by atoms with Gasteiger partial charge in [0.2, 0.25) is 0 Å². The molecule has 0 nitrogen and oxygen atoms in total. The van der Waals surface area contributed by atoms with Crippen molar-refractivity contribution in [2.45, 2.75) is 46.5 Å². The maximum absolute atomic E-state index is 4.11. The molecule has 116 valence electrons. The third-order valence-corrected chi connectivity index (χ3v) is 3.96. The molecule has 0 aliphatic carbocycles. The molecule has 2 aromatic rings. The van der Waals surface area contributed by atoms with E-state index in [2.05, 4.69) is 75.9 Å². The summed E-state index contributed by atoms with van der Waals surface area (Å²) in [5, 5.41) is 0. The zero-order valence-corrected chi connectivity index (χ0v) is 14.2. The molecular formula is C22H28. The number of rotatable bonds is 7. The number of hydrogen-bond acceptors (Lipinski definition) is 0. The Morgan fingerprint density at radius 1 is 0.909 bits per heavy atom. The number of benzene rings is 2. The van der Waals surface area contributed by atoms with E-state index >= 15 is 0 Å². The van der Waals surface area contributed by atoms with E-state index in [1.165, 1.54) is 28.7 Å². The topological polar surface area (TPSA) is 0 Å². The molecular weight excluding hydrogens is 264 g/mol. The number of allylic oxidation sites excluding steroid dienone is 1. The van der Waals surface area contributed by atoms with E-state index in [9.17, 15) is 0 Å². The van der Waals surface area contributed by atoms with Crippen molar-refractivity contribution in [3.8, 4) is 0 Å². The average molecular weight is 292 g/mol. The van der Waals surface area contributed by atoms with Gasteiger partial charge in [0.05, 0.1) is 0 Å². The summed E-state index contributed by atoms with van der Waals surface area (Å²) in [6, 6.07) is 17.8. The molecule has 0 radical (unpaired) electrons. The molecule has 0 amide bonds. The summed E-state index contributed by atoms with van der Waals surface area (Å²) < 4.78 is 0. The molecule has 0 atom stereocenters. The van der Waals surface area contributed by atoms with Crippen LogP contribution in [0.2, 0.25) is 0 Å². The van der Waals surface area contributed by atoms with Crippen LogP contribution in [-0.4, -0.2) is 0 Å². The van der Waals surface area contributed by atoms with Gasteiger partial charge in [-0.25, -0.2) is 0 Å². The first-order valence-corrected chi connectivity index (χ1v) is 8.37. The monoisotopic (exact) mass is 292 g/mol. The fraction of sp³-hybridized carbons (Fsp3) is 0.364. The minimum atomic E-state index is 0.692. The lowest BCUT2D eigenvalue weighted by Crippen LogP contribution is -1.98. The summed E-state index contributed by atoms with van der Waals surface area (Å²) in [5.74, 6) is 0.692. The quantitative estimate of drug-likeness (QED) is 0.579. The Bertz CT molecular complexity index is 605. The molecule has 0 N–H and O–H groups in total. The highest BCUT2D eigenvalue weighted by Crippen LogP contribution is 2.20. The second-order valence-electron chi connectivity index (χ2n) is 6.76. The van der Waals surface area contributed by atoms with Crippen LogP contribution in [0.5, 0.6) is 0 Å². The van der Waals surface area contributed by atoms with E-state index < -0.39 is 0 Å². The van der Waals surface area contributed by atoms with Gasteiger partial charge >= 0.3 is 0 Å². The van der Waals surface area contributed by atoms with Crippen molar-refractivity contribution >= 4 is 5.57 Å². The van der Waals surface area contributed by atoms with Crippen molar-refractivity contribution in [3.05, 3.63) is 77.4 Å². The molecule has 0 aromatic heterocycles. The second-order valence-corrected chi connectivity index (χ2v) is 6.76. The summed E-state index contributed by atoms with van der Waals surface area (Å²) in [7, 11) is 0. The average Bonchev–Trinajstić information content (AvgIpc) is 2.47. The molecule has 0 spiro atoms. The van der Waals surface area contributed by atoms with Gasteiger partial charge in [-0.15, -0.1) is 0 Å². The predicted octanol–water partition coefficient (Wildman–Crippen LogP) is 6.09. The number of hydrogen-bond donors (Lipinski definition) is 0. The van der Waals surface area contributed by atoms with E-state index in [0.717, 1.165) is 24.8 Å². The third-order valence-electron chi connectivity index (χ3n) is 3.96. The molecule has 0 aliphatic heterocycles.